The number of aliphatic hydroxyl groups is 1. The van der Waals surface area contributed by atoms with Gasteiger partial charge in [-0.3, -0.25) is 38.1 Å². The summed E-state index contributed by atoms with van der Waals surface area (Å²) >= 11 is 8.44. The average molecular weight is 1240 g/mol. The van der Waals surface area contributed by atoms with E-state index in [1.54, 1.807) is 55.8 Å². The molecule has 0 bridgehead atoms. The van der Waals surface area contributed by atoms with Gasteiger partial charge in [0.15, 0.2) is 0 Å². The lowest BCUT2D eigenvalue weighted by atomic mass is 9.85. The molecular formula is C59H73ClF2N9O12PS. The summed E-state index contributed by atoms with van der Waals surface area (Å²) in [6.45, 7) is 8.97. The van der Waals surface area contributed by atoms with Crippen molar-refractivity contribution in [1.82, 2.24) is 41.0 Å². The number of nitrogens with zero attached hydrogens (tertiary/aromatic N) is 3. The summed E-state index contributed by atoms with van der Waals surface area (Å²) in [7, 11) is -5.86. The third kappa shape index (κ3) is 15.2. The van der Waals surface area contributed by atoms with Gasteiger partial charge in [0.25, 0.3) is 5.91 Å². The van der Waals surface area contributed by atoms with Crippen molar-refractivity contribution in [1.29, 1.82) is 0 Å². The van der Waals surface area contributed by atoms with Crippen molar-refractivity contribution >= 4 is 82.8 Å². The van der Waals surface area contributed by atoms with Gasteiger partial charge in [0.2, 0.25) is 35.4 Å². The predicted molar refractivity (Wildman–Crippen MR) is 314 cm³/mol. The summed E-state index contributed by atoms with van der Waals surface area (Å²) in [6, 6.07) is 11.5. The molecule has 0 saturated carbocycles. The van der Waals surface area contributed by atoms with Crippen LogP contribution in [0.5, 0.6) is 5.75 Å². The van der Waals surface area contributed by atoms with Crippen LogP contribution in [0, 0.1) is 12.3 Å². The maximum absolute atomic E-state index is 14.5. The second-order valence-electron chi connectivity index (χ2n) is 23.4. The van der Waals surface area contributed by atoms with Crippen molar-refractivity contribution in [3.8, 4) is 16.2 Å². The van der Waals surface area contributed by atoms with E-state index in [4.69, 9.17) is 22.1 Å². The standard InChI is InChI=1S/C59H73ClF2N9O12PS/c1-32(34-16-18-36(19-17-34)51-33(2)64-31-85-51)65-55(77)46-28-41(72)29-70(46)57(79)52(58(3,4)5)69-49(74)15-9-11-35-10-8-14-47(50(35)60)83-30-39(21-25-48(63)73)66-54(76)45-24-22-40-12-6-7-13-43(56(78)71(40)45)68-53(75)44-27-37-26-38(20-23-42(37)67-44)59(61,62)84(80,81)82/h8,10,14,16-20,23,26-27,31-32,39-41,43,45-46,52,67,72H,6-7,9,11-13,15,21-22,24-25,28-30H2,1-5H3,(H2,63,73)(H,65,77)(H,66,76)(H,68,75)(H,69,74)(H2,80,81,82)/t32-,39-,40-,41+,43-,45-,46-,52+/m0/s1. The van der Waals surface area contributed by atoms with Crippen molar-refractivity contribution in [2.24, 2.45) is 11.1 Å². The second kappa shape index (κ2) is 26.8. The number of rotatable bonds is 22. The number of fused-ring (bicyclic) bond motifs is 2. The molecule has 0 radical (unpaired) electrons. The van der Waals surface area contributed by atoms with Crippen LogP contribution in [0.15, 0.2) is 72.2 Å². The Hall–Kier alpha value is -6.82. The molecule has 0 spiro atoms. The molecule has 21 nitrogen and oxygen atoms in total. The van der Waals surface area contributed by atoms with Crippen LogP contribution in [0.1, 0.15) is 137 Å². The van der Waals surface area contributed by atoms with E-state index >= 15 is 0 Å². The highest BCUT2D eigenvalue weighted by Gasteiger charge is 2.51. The zero-order valence-corrected chi connectivity index (χ0v) is 50.3. The largest absolute Gasteiger partial charge is 0.490 e. The second-order valence-corrected chi connectivity index (χ2v) is 26.2. The number of amides is 7. The van der Waals surface area contributed by atoms with E-state index in [0.717, 1.165) is 39.9 Å². The van der Waals surface area contributed by atoms with Crippen LogP contribution in [-0.2, 0) is 45.4 Å². The Balaban J connectivity index is 0.853. The van der Waals surface area contributed by atoms with E-state index in [-0.39, 0.29) is 78.7 Å². The number of β-amino-alcohol motifs (C(OH)–C–C–N with tert-alkyl or cyclic N) is 1. The molecule has 0 unspecified atom stereocenters. The van der Waals surface area contributed by atoms with Gasteiger partial charge in [0.05, 0.1) is 39.3 Å². The zero-order valence-electron chi connectivity index (χ0n) is 47.9. The summed E-state index contributed by atoms with van der Waals surface area (Å²) in [6.07, 6.45) is 2.64. The number of benzene rings is 3. The number of aromatic amines is 1. The highest BCUT2D eigenvalue weighted by atomic mass is 35.5. The van der Waals surface area contributed by atoms with Crippen LogP contribution in [0.25, 0.3) is 21.3 Å². The lowest BCUT2D eigenvalue weighted by molar-refractivity contribution is -0.144. The normalized spacial score (nSPS) is 20.4. The summed E-state index contributed by atoms with van der Waals surface area (Å²) in [4.78, 5) is 126. The number of hydrogen-bond donors (Lipinski definition) is 9. The van der Waals surface area contributed by atoms with Crippen molar-refractivity contribution in [2.75, 3.05) is 13.2 Å². The third-order valence-electron chi connectivity index (χ3n) is 16.0. The molecule has 3 aliphatic rings. The first kappa shape index (κ1) is 64.2. The minimum Gasteiger partial charge on any atom is -0.490 e. The van der Waals surface area contributed by atoms with Crippen LogP contribution >= 0.6 is 30.5 Å². The molecule has 5 heterocycles. The average Bonchev–Trinajstić information content (AvgIpc) is 3.85. The fraction of sp³-hybridized carbons (Fsp3) is 0.492. The number of nitrogens with two attached hydrogens (primary N) is 1. The van der Waals surface area contributed by atoms with E-state index in [2.05, 4.69) is 31.2 Å². The van der Waals surface area contributed by atoms with Gasteiger partial charge in [-0.25, -0.2) is 4.98 Å². The van der Waals surface area contributed by atoms with Crippen LogP contribution in [0.3, 0.4) is 0 Å². The highest BCUT2D eigenvalue weighted by molar-refractivity contribution is 7.52. The Morgan fingerprint density at radius 3 is 2.34 bits per heavy atom. The fourth-order valence-electron chi connectivity index (χ4n) is 11.3. The minimum atomic E-state index is -5.86. The SMILES string of the molecule is Cc1ncsc1-c1ccc([C@H](C)NC(=O)[C@@H]2C[C@@H](O)CN2C(=O)[C@@H](NC(=O)CCCc2cccc(OC[C@H](CCC(N)=O)NC(=O)[C@@H]3CC[C@@H]4CCCC[C@H](NC(=O)c5cc6cc(C(F)(F)P(=O)(O)O)ccc6[nH]5)C(=O)N43)c2Cl)C(C)(C)C)cc1. The quantitative estimate of drug-likeness (QED) is 0.0315. The molecule has 3 saturated heterocycles. The van der Waals surface area contributed by atoms with Crippen LogP contribution < -0.4 is 31.7 Å². The molecule has 5 aromatic rings. The first-order chi connectivity index (χ1) is 40.1. The number of thiazole rings is 1. The highest BCUT2D eigenvalue weighted by Crippen LogP contribution is 2.59. The summed E-state index contributed by atoms with van der Waals surface area (Å²) in [5.41, 5.74) is 4.71. The molecule has 2 aromatic heterocycles. The van der Waals surface area contributed by atoms with Crippen LogP contribution in [-0.4, -0.2) is 132 Å². The summed E-state index contributed by atoms with van der Waals surface area (Å²) in [5.74, 6) is -3.43. The number of nitrogens with one attached hydrogen (secondary N) is 5. The number of halogens is 3. The van der Waals surface area contributed by atoms with Gasteiger partial charge in [0, 0.05) is 48.3 Å². The summed E-state index contributed by atoms with van der Waals surface area (Å²) < 4.78 is 46.7. The topological polar surface area (TPSA) is 316 Å². The first-order valence-electron chi connectivity index (χ1n) is 28.4. The van der Waals surface area contributed by atoms with E-state index in [0.29, 0.717) is 50.5 Å². The molecule has 3 fully saturated rings. The van der Waals surface area contributed by atoms with Gasteiger partial charge in [-0.2, -0.15) is 8.78 Å². The van der Waals surface area contributed by atoms with Crippen molar-refractivity contribution < 1.29 is 66.5 Å². The van der Waals surface area contributed by atoms with Gasteiger partial charge < -0.3 is 61.4 Å². The van der Waals surface area contributed by atoms with E-state index in [1.165, 1.54) is 15.9 Å². The Bertz CT molecular complexity index is 3350. The molecule has 26 heteroatoms. The lowest BCUT2D eigenvalue weighted by Crippen LogP contribution is -2.57. The third-order valence-corrected chi connectivity index (χ3v) is 18.4. The van der Waals surface area contributed by atoms with Gasteiger partial charge in [-0.1, -0.05) is 87.7 Å². The molecule has 85 heavy (non-hydrogen) atoms. The maximum Gasteiger partial charge on any atom is 0.399 e. The molecular weight excluding hydrogens is 1160 g/mol. The monoisotopic (exact) mass is 1240 g/mol. The Labute approximate surface area is 499 Å². The molecule has 0 aliphatic carbocycles. The van der Waals surface area contributed by atoms with Crippen LogP contribution in [0.2, 0.25) is 5.02 Å². The smallest absolute Gasteiger partial charge is 0.399 e. The fourth-order valence-corrected chi connectivity index (χ4v) is 12.9. The zero-order chi connectivity index (χ0) is 61.7. The number of likely N-dealkylation sites (tertiary alicyclic amines) is 1. The van der Waals surface area contributed by atoms with Crippen molar-refractivity contribution in [3.05, 3.63) is 105 Å². The molecule has 458 valence electrons. The number of aryl methyl sites for hydroxylation is 2. The number of alkyl halides is 2. The maximum atomic E-state index is 14.5. The minimum absolute atomic E-state index is 0.00486. The molecule has 7 amide bonds. The number of aliphatic hydroxyl groups excluding tert-OH is 1. The van der Waals surface area contributed by atoms with Crippen molar-refractivity contribution in [2.45, 2.75) is 166 Å². The van der Waals surface area contributed by atoms with Gasteiger partial charge >= 0.3 is 13.3 Å². The first-order valence-corrected chi connectivity index (χ1v) is 31.3. The number of ether oxygens (including phenoxy) is 1. The molecule has 8 atom stereocenters. The number of H-pyrrole nitrogens is 1. The molecule has 10 N–H and O–H groups in total. The van der Waals surface area contributed by atoms with E-state index in [9.17, 15) is 61.8 Å². The number of carbonyl (C=O) groups is 7. The number of aromatic nitrogens is 2. The van der Waals surface area contributed by atoms with Gasteiger partial charge in [-0.15, -0.1) is 11.3 Å². The molecule has 8 rings (SSSR count). The number of primary amides is 1. The van der Waals surface area contributed by atoms with Gasteiger partial charge in [0.1, 0.15) is 42.2 Å². The van der Waals surface area contributed by atoms with E-state index in [1.807, 2.05) is 38.1 Å². The summed E-state index contributed by atoms with van der Waals surface area (Å²) in [5, 5.41) is 22.7. The Kier molecular flexibility index (Phi) is 20.3. The number of carbonyl (C=O) groups excluding carboxylic acids is 7. The van der Waals surface area contributed by atoms with Crippen molar-refractivity contribution in [3.63, 3.8) is 0 Å². The predicted octanol–water partition coefficient (Wildman–Crippen LogP) is 7.03. The molecule has 3 aromatic carbocycles. The lowest BCUT2D eigenvalue weighted by Gasteiger charge is -2.35. The Morgan fingerprint density at radius 2 is 1.66 bits per heavy atom. The number of hydrogen-bond acceptors (Lipinski definition) is 12. The van der Waals surface area contributed by atoms with Gasteiger partial charge in [-0.05, 0) is 105 Å². The van der Waals surface area contributed by atoms with Crippen LogP contribution in [0.4, 0.5) is 8.78 Å². The molecule has 3 aliphatic heterocycles. The Morgan fingerprint density at radius 1 is 0.941 bits per heavy atom. The van der Waals surface area contributed by atoms with E-state index < -0.39 is 108 Å².